The highest BCUT2D eigenvalue weighted by molar-refractivity contribution is 6.22. The number of amides is 2. The molecule has 1 aromatic carbocycles. The van der Waals surface area contributed by atoms with Crippen LogP contribution in [-0.4, -0.2) is 64.8 Å². The fourth-order valence-corrected chi connectivity index (χ4v) is 4.51. The van der Waals surface area contributed by atoms with Gasteiger partial charge >= 0.3 is 6.18 Å². The van der Waals surface area contributed by atoms with E-state index in [4.69, 9.17) is 5.11 Å². The molecule has 2 atom stereocenters. The van der Waals surface area contributed by atoms with Crippen molar-refractivity contribution in [3.8, 4) is 0 Å². The van der Waals surface area contributed by atoms with Crippen molar-refractivity contribution in [3.63, 3.8) is 0 Å². The SMILES string of the molecule is C[C@@H]1CN2C=C(C3=CCN(C(=O)CO)CC3)C=C(C(=O)N[C@H](C)c3cccc(C(F)(F)F)c3F)C2=N1. The van der Waals surface area contributed by atoms with Gasteiger partial charge in [0.1, 0.15) is 18.3 Å². The molecule has 0 saturated heterocycles. The highest BCUT2D eigenvalue weighted by Gasteiger charge is 2.36. The zero-order chi connectivity index (χ0) is 26.2. The molecule has 0 aliphatic carbocycles. The maximum atomic E-state index is 14.6. The van der Waals surface area contributed by atoms with Crippen LogP contribution in [-0.2, 0) is 15.8 Å². The van der Waals surface area contributed by atoms with E-state index in [-0.39, 0.29) is 23.1 Å². The van der Waals surface area contributed by atoms with E-state index in [1.807, 2.05) is 24.1 Å². The molecule has 0 bridgehead atoms. The molecule has 36 heavy (non-hydrogen) atoms. The van der Waals surface area contributed by atoms with Crippen molar-refractivity contribution >= 4 is 17.6 Å². The van der Waals surface area contributed by atoms with Crippen LogP contribution in [0.3, 0.4) is 0 Å². The zero-order valence-electron chi connectivity index (χ0n) is 19.8. The van der Waals surface area contributed by atoms with Gasteiger partial charge < -0.3 is 20.2 Å². The first-order valence-electron chi connectivity index (χ1n) is 11.5. The van der Waals surface area contributed by atoms with Crippen LogP contribution in [0.2, 0.25) is 0 Å². The molecule has 0 aromatic heterocycles. The molecule has 4 rings (SSSR count). The minimum Gasteiger partial charge on any atom is -0.387 e. The molecule has 0 unspecified atom stereocenters. The molecule has 0 spiro atoms. The van der Waals surface area contributed by atoms with Gasteiger partial charge in [-0.2, -0.15) is 13.2 Å². The standard InChI is InChI=1S/C25H26F4N4O3/c1-14-11-33-12-17(16-6-8-32(9-7-16)21(35)13-34)10-19(23(33)30-14)24(36)31-15(2)18-4-3-5-20(22(18)26)25(27,28)29/h3-6,10,12,14-15,34H,7-9,11,13H2,1-2H3,(H,31,36)/t14-,15-/m1/s1. The Morgan fingerprint density at radius 1 is 1.31 bits per heavy atom. The van der Waals surface area contributed by atoms with Gasteiger partial charge in [-0.05, 0) is 43.6 Å². The molecule has 0 saturated carbocycles. The summed E-state index contributed by atoms with van der Waals surface area (Å²) in [6.07, 6.45) is 1.06. The number of aliphatic hydroxyl groups is 1. The maximum Gasteiger partial charge on any atom is 0.419 e. The molecule has 3 aliphatic heterocycles. The summed E-state index contributed by atoms with van der Waals surface area (Å²) in [5.74, 6) is -1.93. The van der Waals surface area contributed by atoms with Crippen molar-refractivity contribution in [3.05, 3.63) is 70.2 Å². The van der Waals surface area contributed by atoms with Crippen LogP contribution in [0.1, 0.15) is 37.4 Å². The van der Waals surface area contributed by atoms with Gasteiger partial charge in [-0.25, -0.2) is 4.39 Å². The first-order valence-corrected chi connectivity index (χ1v) is 11.5. The molecular formula is C25H26F4N4O3. The third-order valence-corrected chi connectivity index (χ3v) is 6.37. The first-order chi connectivity index (χ1) is 17.0. The molecule has 3 aliphatic rings. The molecule has 2 N–H and O–H groups in total. The van der Waals surface area contributed by atoms with E-state index in [0.717, 1.165) is 17.2 Å². The molecule has 0 radical (unpaired) electrons. The van der Waals surface area contributed by atoms with Gasteiger partial charge in [0.25, 0.3) is 5.91 Å². The molecule has 3 heterocycles. The Hall–Kier alpha value is -3.47. The van der Waals surface area contributed by atoms with Crippen LogP contribution in [0.4, 0.5) is 17.6 Å². The molecule has 1 aromatic rings. The van der Waals surface area contributed by atoms with Crippen LogP contribution < -0.4 is 5.32 Å². The van der Waals surface area contributed by atoms with E-state index in [9.17, 15) is 27.2 Å². The van der Waals surface area contributed by atoms with Crippen molar-refractivity contribution < 1.29 is 32.3 Å². The predicted octanol–water partition coefficient (Wildman–Crippen LogP) is 3.10. The third kappa shape index (κ3) is 5.06. The van der Waals surface area contributed by atoms with Gasteiger partial charge in [-0.15, -0.1) is 0 Å². The Kier molecular flexibility index (Phi) is 7.03. The second-order valence-corrected chi connectivity index (χ2v) is 8.98. The summed E-state index contributed by atoms with van der Waals surface area (Å²) >= 11 is 0. The number of fused-ring (bicyclic) bond motifs is 1. The number of aliphatic imine (C=N–C) groups is 1. The third-order valence-electron chi connectivity index (χ3n) is 6.37. The molecular weight excluding hydrogens is 480 g/mol. The molecule has 192 valence electrons. The van der Waals surface area contributed by atoms with Crippen LogP contribution in [0.5, 0.6) is 0 Å². The summed E-state index contributed by atoms with van der Waals surface area (Å²) in [5.41, 5.74) is 0.236. The van der Waals surface area contributed by atoms with Crippen molar-refractivity contribution in [2.75, 3.05) is 26.2 Å². The quantitative estimate of drug-likeness (QED) is 0.602. The summed E-state index contributed by atoms with van der Waals surface area (Å²) in [4.78, 5) is 32.9. The number of aliphatic hydroxyl groups excluding tert-OH is 1. The molecule has 0 fully saturated rings. The van der Waals surface area contributed by atoms with E-state index < -0.39 is 36.1 Å². The Bertz CT molecular complexity index is 1200. The second kappa shape index (κ2) is 9.88. The fourth-order valence-electron chi connectivity index (χ4n) is 4.51. The number of carbonyl (C=O) groups is 2. The van der Waals surface area contributed by atoms with E-state index >= 15 is 0 Å². The smallest absolute Gasteiger partial charge is 0.387 e. The fraction of sp³-hybridized carbons (Fsp3) is 0.400. The predicted molar refractivity (Wildman–Crippen MR) is 124 cm³/mol. The molecule has 11 heteroatoms. The van der Waals surface area contributed by atoms with E-state index in [2.05, 4.69) is 10.3 Å². The number of carbonyl (C=O) groups excluding carboxylic acids is 2. The average molecular weight is 507 g/mol. The lowest BCUT2D eigenvalue weighted by molar-refractivity contribution is -0.140. The number of halogens is 4. The summed E-state index contributed by atoms with van der Waals surface area (Å²) in [5, 5.41) is 11.7. The van der Waals surface area contributed by atoms with Gasteiger partial charge in [0, 0.05) is 31.4 Å². The number of nitrogens with zero attached hydrogens (tertiary/aromatic N) is 3. The minimum atomic E-state index is -4.85. The lowest BCUT2D eigenvalue weighted by Crippen LogP contribution is -2.38. The van der Waals surface area contributed by atoms with Crippen molar-refractivity contribution in [1.29, 1.82) is 0 Å². The van der Waals surface area contributed by atoms with Gasteiger partial charge in [0.05, 0.1) is 23.2 Å². The largest absolute Gasteiger partial charge is 0.419 e. The van der Waals surface area contributed by atoms with E-state index in [0.29, 0.717) is 38.0 Å². The summed E-state index contributed by atoms with van der Waals surface area (Å²) in [6, 6.07) is 1.87. The Balaban J connectivity index is 1.59. The number of allylic oxidation sites excluding steroid dienone is 2. The van der Waals surface area contributed by atoms with Gasteiger partial charge in [0.2, 0.25) is 5.91 Å². The number of alkyl halides is 3. The maximum absolute atomic E-state index is 14.6. The number of hydrogen-bond acceptors (Lipinski definition) is 5. The van der Waals surface area contributed by atoms with E-state index in [1.54, 1.807) is 6.08 Å². The number of amidine groups is 1. The van der Waals surface area contributed by atoms with Gasteiger partial charge in [-0.3, -0.25) is 14.6 Å². The van der Waals surface area contributed by atoms with Crippen LogP contribution in [0.15, 0.2) is 58.3 Å². The Morgan fingerprint density at radius 2 is 2.06 bits per heavy atom. The van der Waals surface area contributed by atoms with Crippen molar-refractivity contribution in [2.24, 2.45) is 4.99 Å². The average Bonchev–Trinajstić information content (AvgIpc) is 3.22. The highest BCUT2D eigenvalue weighted by Crippen LogP contribution is 2.34. The topological polar surface area (TPSA) is 85.2 Å². The van der Waals surface area contributed by atoms with Gasteiger partial charge in [0.15, 0.2) is 0 Å². The highest BCUT2D eigenvalue weighted by atomic mass is 19.4. The van der Waals surface area contributed by atoms with Crippen LogP contribution in [0, 0.1) is 5.82 Å². The Labute approximate surface area is 205 Å². The lowest BCUT2D eigenvalue weighted by Gasteiger charge is -2.29. The first kappa shape index (κ1) is 25.6. The van der Waals surface area contributed by atoms with Crippen molar-refractivity contribution in [1.82, 2.24) is 15.1 Å². The molecule has 2 amide bonds. The van der Waals surface area contributed by atoms with Crippen LogP contribution >= 0.6 is 0 Å². The molecule has 7 nitrogen and oxygen atoms in total. The monoisotopic (exact) mass is 506 g/mol. The normalized spacial score (nSPS) is 20.7. The summed E-state index contributed by atoms with van der Waals surface area (Å²) < 4.78 is 54.0. The lowest BCUT2D eigenvalue weighted by atomic mass is 9.94. The summed E-state index contributed by atoms with van der Waals surface area (Å²) in [7, 11) is 0. The number of rotatable bonds is 5. The number of nitrogens with one attached hydrogen (secondary N) is 1. The number of hydrogen-bond donors (Lipinski definition) is 2. The second-order valence-electron chi connectivity index (χ2n) is 8.98. The Morgan fingerprint density at radius 3 is 2.69 bits per heavy atom. The van der Waals surface area contributed by atoms with Gasteiger partial charge in [-0.1, -0.05) is 18.2 Å². The minimum absolute atomic E-state index is 0.0804. The van der Waals surface area contributed by atoms with E-state index in [1.165, 1.54) is 17.9 Å². The van der Waals surface area contributed by atoms with Crippen LogP contribution in [0.25, 0.3) is 0 Å². The number of benzene rings is 1. The zero-order valence-corrected chi connectivity index (χ0v) is 19.8. The summed E-state index contributed by atoms with van der Waals surface area (Å²) in [6.45, 7) is 4.04. The van der Waals surface area contributed by atoms with Crippen molar-refractivity contribution in [2.45, 2.75) is 38.5 Å².